The van der Waals surface area contributed by atoms with Gasteiger partial charge in [-0.2, -0.15) is 13.2 Å². The molecule has 0 saturated carbocycles. The number of thioether (sulfide) groups is 1. The van der Waals surface area contributed by atoms with Gasteiger partial charge in [-0.25, -0.2) is 0 Å². The molecule has 32 heavy (non-hydrogen) atoms. The zero-order valence-electron chi connectivity index (χ0n) is 17.1. The van der Waals surface area contributed by atoms with Crippen molar-refractivity contribution in [2.45, 2.75) is 29.7 Å². The van der Waals surface area contributed by atoms with Gasteiger partial charge < -0.3 is 10.6 Å². The number of rotatable bonds is 7. The van der Waals surface area contributed by atoms with E-state index in [1.165, 1.54) is 30.0 Å². The molecule has 3 aromatic carbocycles. The predicted molar refractivity (Wildman–Crippen MR) is 121 cm³/mol. The summed E-state index contributed by atoms with van der Waals surface area (Å²) in [6.45, 7) is 1.62. The van der Waals surface area contributed by atoms with Crippen LogP contribution in [0.3, 0.4) is 0 Å². The van der Waals surface area contributed by atoms with Gasteiger partial charge in [0.1, 0.15) is 0 Å². The van der Waals surface area contributed by atoms with Crippen molar-refractivity contribution < 1.29 is 22.8 Å². The molecule has 1 atom stereocenters. The van der Waals surface area contributed by atoms with Crippen molar-refractivity contribution in [2.75, 3.05) is 10.6 Å². The third-order valence-electron chi connectivity index (χ3n) is 4.52. The summed E-state index contributed by atoms with van der Waals surface area (Å²) in [5.41, 5.74) is 0.366. The van der Waals surface area contributed by atoms with Crippen LogP contribution in [0.4, 0.5) is 24.5 Å². The number of anilines is 2. The molecule has 4 nitrogen and oxygen atoms in total. The normalized spacial score (nSPS) is 12.1. The maximum Gasteiger partial charge on any atom is 0.418 e. The number of amides is 2. The summed E-state index contributed by atoms with van der Waals surface area (Å²) in [5.74, 6) is -0.681. The molecule has 0 aliphatic carbocycles. The van der Waals surface area contributed by atoms with Gasteiger partial charge in [0.05, 0.1) is 22.9 Å². The molecular formula is C24H21F3N2O2S. The van der Waals surface area contributed by atoms with Crippen molar-refractivity contribution in [1.29, 1.82) is 0 Å². The minimum atomic E-state index is -4.55. The van der Waals surface area contributed by atoms with Crippen molar-refractivity contribution in [3.8, 4) is 0 Å². The van der Waals surface area contributed by atoms with Gasteiger partial charge in [0.2, 0.25) is 11.8 Å². The van der Waals surface area contributed by atoms with E-state index in [1.54, 1.807) is 31.2 Å². The van der Waals surface area contributed by atoms with E-state index in [4.69, 9.17) is 0 Å². The number of alkyl halides is 3. The molecule has 2 amide bonds. The number of benzene rings is 3. The Hall–Kier alpha value is -3.26. The zero-order chi connectivity index (χ0) is 23.1. The molecule has 0 fully saturated rings. The van der Waals surface area contributed by atoms with E-state index in [9.17, 15) is 22.8 Å². The van der Waals surface area contributed by atoms with Crippen LogP contribution in [0.25, 0.3) is 0 Å². The van der Waals surface area contributed by atoms with Gasteiger partial charge in [-0.1, -0.05) is 42.5 Å². The minimum absolute atomic E-state index is 0.146. The predicted octanol–water partition coefficient (Wildman–Crippen LogP) is 6.01. The molecule has 0 aliphatic rings. The van der Waals surface area contributed by atoms with E-state index < -0.39 is 22.9 Å². The Morgan fingerprint density at radius 3 is 2.16 bits per heavy atom. The number of hydrogen-bond acceptors (Lipinski definition) is 3. The number of carbonyl (C=O) groups excluding carboxylic acids is 2. The molecule has 0 aliphatic heterocycles. The van der Waals surface area contributed by atoms with Crippen LogP contribution in [0, 0.1) is 0 Å². The van der Waals surface area contributed by atoms with E-state index in [2.05, 4.69) is 10.6 Å². The second-order valence-electron chi connectivity index (χ2n) is 7.03. The van der Waals surface area contributed by atoms with Crippen molar-refractivity contribution >= 4 is 35.0 Å². The van der Waals surface area contributed by atoms with Gasteiger partial charge in [-0.3, -0.25) is 9.59 Å². The molecule has 2 N–H and O–H groups in total. The lowest BCUT2D eigenvalue weighted by Gasteiger charge is -2.16. The average molecular weight is 459 g/mol. The second-order valence-corrected chi connectivity index (χ2v) is 8.44. The standard InChI is InChI=1S/C24H21F3N2O2S/c1-16(23(31)29-21-10-6-5-9-20(21)24(25,26)27)32-19-13-11-18(12-14-19)28-22(30)15-17-7-3-2-4-8-17/h2-14,16H,15H2,1H3,(H,28,30)(H,29,31). The number of para-hydroxylation sites is 1. The lowest BCUT2D eigenvalue weighted by molar-refractivity contribution is -0.137. The van der Waals surface area contributed by atoms with Crippen LogP contribution < -0.4 is 10.6 Å². The summed E-state index contributed by atoms with van der Waals surface area (Å²) in [5, 5.41) is 4.54. The van der Waals surface area contributed by atoms with E-state index in [0.717, 1.165) is 16.5 Å². The largest absolute Gasteiger partial charge is 0.418 e. The molecule has 8 heteroatoms. The first-order valence-corrected chi connectivity index (χ1v) is 10.7. The van der Waals surface area contributed by atoms with Crippen LogP contribution in [0.5, 0.6) is 0 Å². The highest BCUT2D eigenvalue weighted by Gasteiger charge is 2.33. The van der Waals surface area contributed by atoms with Gasteiger partial charge in [-0.15, -0.1) is 11.8 Å². The van der Waals surface area contributed by atoms with Crippen LogP contribution in [0.2, 0.25) is 0 Å². The van der Waals surface area contributed by atoms with E-state index in [1.807, 2.05) is 30.3 Å². The minimum Gasteiger partial charge on any atom is -0.326 e. The molecule has 0 aromatic heterocycles. The van der Waals surface area contributed by atoms with Crippen LogP contribution in [0.15, 0.2) is 83.8 Å². The van der Waals surface area contributed by atoms with Crippen LogP contribution >= 0.6 is 11.8 Å². The Kier molecular flexibility index (Phi) is 7.58. The second kappa shape index (κ2) is 10.4. The quantitative estimate of drug-likeness (QED) is 0.427. The van der Waals surface area contributed by atoms with Gasteiger partial charge in [-0.05, 0) is 48.9 Å². The van der Waals surface area contributed by atoms with Crippen LogP contribution in [0.1, 0.15) is 18.1 Å². The molecular weight excluding hydrogens is 437 g/mol. The first-order chi connectivity index (χ1) is 15.2. The smallest absolute Gasteiger partial charge is 0.326 e. The van der Waals surface area contributed by atoms with Crippen LogP contribution in [-0.2, 0) is 22.2 Å². The summed E-state index contributed by atoms with van der Waals surface area (Å²) in [7, 11) is 0. The number of nitrogens with one attached hydrogen (secondary N) is 2. The first kappa shape index (κ1) is 23.4. The number of carbonyl (C=O) groups is 2. The lowest BCUT2D eigenvalue weighted by Crippen LogP contribution is -2.24. The van der Waals surface area contributed by atoms with Crippen LogP contribution in [-0.4, -0.2) is 17.1 Å². The van der Waals surface area contributed by atoms with Crippen molar-refractivity contribution in [3.63, 3.8) is 0 Å². The fourth-order valence-electron chi connectivity index (χ4n) is 2.93. The molecule has 0 radical (unpaired) electrons. The third-order valence-corrected chi connectivity index (χ3v) is 5.63. The molecule has 0 saturated heterocycles. The van der Waals surface area contributed by atoms with Crippen molar-refractivity contribution in [2.24, 2.45) is 0 Å². The van der Waals surface area contributed by atoms with Gasteiger partial charge in [0.25, 0.3) is 0 Å². The number of hydrogen-bond donors (Lipinski definition) is 2. The van der Waals surface area contributed by atoms with Crippen molar-refractivity contribution in [1.82, 2.24) is 0 Å². The van der Waals surface area contributed by atoms with Gasteiger partial charge in [0.15, 0.2) is 0 Å². The van der Waals surface area contributed by atoms with Crippen molar-refractivity contribution in [3.05, 3.63) is 90.0 Å². The van der Waals surface area contributed by atoms with Gasteiger partial charge >= 0.3 is 6.18 Å². The molecule has 0 heterocycles. The Bertz CT molecular complexity index is 1070. The topological polar surface area (TPSA) is 58.2 Å². The number of halogens is 3. The monoisotopic (exact) mass is 458 g/mol. The summed E-state index contributed by atoms with van der Waals surface area (Å²) >= 11 is 1.21. The fraction of sp³-hybridized carbons (Fsp3) is 0.167. The van der Waals surface area contributed by atoms with E-state index >= 15 is 0 Å². The van der Waals surface area contributed by atoms with E-state index in [-0.39, 0.29) is 18.0 Å². The molecule has 166 valence electrons. The van der Waals surface area contributed by atoms with Gasteiger partial charge in [0, 0.05) is 10.6 Å². The lowest BCUT2D eigenvalue weighted by atomic mass is 10.1. The highest BCUT2D eigenvalue weighted by molar-refractivity contribution is 8.00. The molecule has 3 aromatic rings. The average Bonchev–Trinajstić information content (AvgIpc) is 2.75. The fourth-order valence-corrected chi connectivity index (χ4v) is 3.80. The first-order valence-electron chi connectivity index (χ1n) is 9.80. The van der Waals surface area contributed by atoms with E-state index in [0.29, 0.717) is 5.69 Å². The molecule has 0 spiro atoms. The summed E-state index contributed by atoms with van der Waals surface area (Å²) in [6.07, 6.45) is -4.30. The highest BCUT2D eigenvalue weighted by Crippen LogP contribution is 2.35. The Morgan fingerprint density at radius 1 is 0.875 bits per heavy atom. The SMILES string of the molecule is CC(Sc1ccc(NC(=O)Cc2ccccc2)cc1)C(=O)Nc1ccccc1C(F)(F)F. The molecule has 3 rings (SSSR count). The summed E-state index contributed by atoms with van der Waals surface area (Å²) < 4.78 is 39.3. The Labute approximate surface area is 188 Å². The third kappa shape index (κ3) is 6.62. The Morgan fingerprint density at radius 2 is 1.50 bits per heavy atom. The maximum atomic E-state index is 13.1. The highest BCUT2D eigenvalue weighted by atomic mass is 32.2. The zero-order valence-corrected chi connectivity index (χ0v) is 18.0. The Balaban J connectivity index is 1.56. The summed E-state index contributed by atoms with van der Waals surface area (Å²) in [6, 6.07) is 21.2. The summed E-state index contributed by atoms with van der Waals surface area (Å²) in [4.78, 5) is 25.3. The maximum absolute atomic E-state index is 13.1. The molecule has 0 bridgehead atoms. The molecule has 1 unspecified atom stereocenters.